The maximum Gasteiger partial charge on any atom is 0.249 e. The topological polar surface area (TPSA) is 61.6 Å². The summed E-state index contributed by atoms with van der Waals surface area (Å²) in [5, 5.41) is 0. The van der Waals surface area contributed by atoms with E-state index in [-0.39, 0.29) is 22.2 Å². The first-order valence-corrected chi connectivity index (χ1v) is 8.81. The van der Waals surface area contributed by atoms with E-state index in [4.69, 9.17) is 14.7 Å². The van der Waals surface area contributed by atoms with Crippen LogP contribution >= 0.6 is 12.0 Å². The Kier molecular flexibility index (Phi) is 4.77. The van der Waals surface area contributed by atoms with Crippen LogP contribution in [0, 0.1) is 6.92 Å². The molecule has 2 aromatic rings. The third-order valence-electron chi connectivity index (χ3n) is 4.11. The maximum absolute atomic E-state index is 12.7. The summed E-state index contributed by atoms with van der Waals surface area (Å²) in [6.07, 6.45) is -0.740. The molecule has 5 heteroatoms. The van der Waals surface area contributed by atoms with E-state index in [1.807, 2.05) is 75.4 Å². The lowest BCUT2D eigenvalue weighted by molar-refractivity contribution is -0.122. The molecule has 0 saturated carbocycles. The minimum Gasteiger partial charge on any atom is -0.460 e. The van der Waals surface area contributed by atoms with Gasteiger partial charge in [-0.3, -0.25) is 4.79 Å². The molecule has 3 rings (SSSR count). The second kappa shape index (κ2) is 6.84. The van der Waals surface area contributed by atoms with Crippen LogP contribution in [-0.2, 0) is 18.5 Å². The summed E-state index contributed by atoms with van der Waals surface area (Å²) >= 11 is 1.20. The molecule has 4 nitrogen and oxygen atoms in total. The summed E-state index contributed by atoms with van der Waals surface area (Å²) in [6.45, 7) is 6.05. The highest BCUT2D eigenvalue weighted by Gasteiger charge is 2.38. The Morgan fingerprint density at radius 1 is 1.08 bits per heavy atom. The van der Waals surface area contributed by atoms with Gasteiger partial charge in [0.05, 0.1) is 16.8 Å². The summed E-state index contributed by atoms with van der Waals surface area (Å²) in [5.74, 6) is -0.135. The van der Waals surface area contributed by atoms with Crippen LogP contribution in [0.15, 0.2) is 66.2 Å². The van der Waals surface area contributed by atoms with Gasteiger partial charge in [0.2, 0.25) is 17.4 Å². The van der Waals surface area contributed by atoms with Gasteiger partial charge in [0, 0.05) is 5.56 Å². The average Bonchev–Trinajstić information content (AvgIpc) is 2.89. The molecular weight excluding hydrogens is 334 g/mol. The summed E-state index contributed by atoms with van der Waals surface area (Å²) in [6, 6.07) is 17.6. The van der Waals surface area contributed by atoms with Crippen molar-refractivity contribution < 1.29 is 13.7 Å². The van der Waals surface area contributed by atoms with Crippen LogP contribution in [0.3, 0.4) is 0 Å². The molecule has 0 saturated heterocycles. The molecule has 0 aromatic heterocycles. The Morgan fingerprint density at radius 2 is 1.72 bits per heavy atom. The summed E-state index contributed by atoms with van der Waals surface area (Å²) in [4.78, 5) is 12.7. The van der Waals surface area contributed by atoms with Crippen molar-refractivity contribution in [3.05, 3.63) is 82.9 Å². The van der Waals surface area contributed by atoms with Crippen LogP contribution in [0.1, 0.15) is 36.6 Å². The molecular formula is C20H21NO3S. The Balaban J connectivity index is 1.71. The molecule has 0 fully saturated rings. The molecule has 1 aliphatic heterocycles. The fourth-order valence-corrected chi connectivity index (χ4v) is 3.24. The molecule has 2 N–H and O–H groups in total. The van der Waals surface area contributed by atoms with Gasteiger partial charge in [0.1, 0.15) is 0 Å². The van der Waals surface area contributed by atoms with Gasteiger partial charge in [-0.25, -0.2) is 0 Å². The van der Waals surface area contributed by atoms with E-state index in [2.05, 4.69) is 0 Å². The van der Waals surface area contributed by atoms with Gasteiger partial charge in [0.15, 0.2) is 6.10 Å². The SMILES string of the molecule is Cc1ccc(C2OC(N)=C(OSC(C)(C)c3ccccc3)C2=O)cc1. The zero-order chi connectivity index (χ0) is 18.0. The number of ether oxygens (including phenoxy) is 1. The zero-order valence-electron chi connectivity index (χ0n) is 14.5. The van der Waals surface area contributed by atoms with Crippen LogP contribution in [-0.4, -0.2) is 5.78 Å². The number of hydrogen-bond acceptors (Lipinski definition) is 5. The van der Waals surface area contributed by atoms with Gasteiger partial charge >= 0.3 is 0 Å². The maximum atomic E-state index is 12.7. The molecule has 0 spiro atoms. The standard InChI is InChI=1S/C20H21NO3S/c1-13-9-11-14(12-10-13)17-16(22)18(19(21)23-17)24-25-20(2,3)15-7-5-4-6-8-15/h4-12,17H,21H2,1-3H3. The van der Waals surface area contributed by atoms with E-state index in [1.165, 1.54) is 12.0 Å². The molecule has 0 amide bonds. The molecule has 130 valence electrons. The van der Waals surface area contributed by atoms with Gasteiger partial charge in [-0.2, -0.15) is 0 Å². The Morgan fingerprint density at radius 3 is 2.36 bits per heavy atom. The van der Waals surface area contributed by atoms with Crippen molar-refractivity contribution in [2.75, 3.05) is 0 Å². The molecule has 1 aliphatic rings. The number of ketones is 1. The smallest absolute Gasteiger partial charge is 0.249 e. The van der Waals surface area contributed by atoms with Crippen LogP contribution in [0.25, 0.3) is 0 Å². The number of carbonyl (C=O) groups excluding carboxylic acids is 1. The lowest BCUT2D eigenvalue weighted by Crippen LogP contribution is -2.15. The zero-order valence-corrected chi connectivity index (χ0v) is 15.3. The first-order chi connectivity index (χ1) is 11.9. The van der Waals surface area contributed by atoms with E-state index in [0.29, 0.717) is 0 Å². The van der Waals surface area contributed by atoms with Crippen molar-refractivity contribution in [1.29, 1.82) is 0 Å². The van der Waals surface area contributed by atoms with E-state index >= 15 is 0 Å². The molecule has 0 radical (unpaired) electrons. The highest BCUT2D eigenvalue weighted by molar-refractivity contribution is 7.95. The molecule has 1 heterocycles. The normalized spacial score (nSPS) is 17.6. The first-order valence-electron chi connectivity index (χ1n) is 8.07. The Labute approximate surface area is 152 Å². The molecule has 2 aromatic carbocycles. The van der Waals surface area contributed by atoms with Crippen LogP contribution in [0.2, 0.25) is 0 Å². The molecule has 0 bridgehead atoms. The Bertz CT molecular complexity index is 797. The quantitative estimate of drug-likeness (QED) is 0.807. The van der Waals surface area contributed by atoms with Gasteiger partial charge in [0.25, 0.3) is 0 Å². The van der Waals surface area contributed by atoms with Crippen molar-refractivity contribution in [2.45, 2.75) is 31.6 Å². The van der Waals surface area contributed by atoms with Crippen LogP contribution < -0.4 is 5.73 Å². The molecule has 0 aliphatic carbocycles. The van der Waals surface area contributed by atoms with Crippen molar-refractivity contribution in [2.24, 2.45) is 5.73 Å². The third-order valence-corrected chi connectivity index (χ3v) is 5.02. The number of benzene rings is 2. The number of Topliss-reactive ketones (excluding diaryl/α,β-unsaturated/α-hetero) is 1. The predicted octanol–water partition coefficient (Wildman–Crippen LogP) is 4.36. The first kappa shape index (κ1) is 17.4. The molecule has 1 unspecified atom stereocenters. The van der Waals surface area contributed by atoms with E-state index in [0.717, 1.165) is 16.7 Å². The van der Waals surface area contributed by atoms with Gasteiger partial charge in [-0.05, 0) is 26.3 Å². The van der Waals surface area contributed by atoms with Crippen LogP contribution in [0.5, 0.6) is 0 Å². The minimum absolute atomic E-state index is 0.0342. The van der Waals surface area contributed by atoms with Crippen molar-refractivity contribution in [3.8, 4) is 0 Å². The van der Waals surface area contributed by atoms with E-state index in [9.17, 15) is 4.79 Å². The van der Waals surface area contributed by atoms with Crippen molar-refractivity contribution in [3.63, 3.8) is 0 Å². The van der Waals surface area contributed by atoms with Gasteiger partial charge in [-0.15, -0.1) is 0 Å². The number of hydrogen-bond donors (Lipinski definition) is 1. The van der Waals surface area contributed by atoms with Gasteiger partial charge in [-0.1, -0.05) is 60.2 Å². The monoisotopic (exact) mass is 355 g/mol. The largest absolute Gasteiger partial charge is 0.460 e. The predicted molar refractivity (Wildman–Crippen MR) is 99.4 cm³/mol. The van der Waals surface area contributed by atoms with Crippen LogP contribution in [0.4, 0.5) is 0 Å². The minimum atomic E-state index is -0.740. The number of nitrogens with two attached hydrogens (primary N) is 1. The lowest BCUT2D eigenvalue weighted by Gasteiger charge is -2.23. The summed E-state index contributed by atoms with van der Waals surface area (Å²) in [7, 11) is 0. The van der Waals surface area contributed by atoms with Crippen molar-refractivity contribution >= 4 is 17.8 Å². The second-order valence-corrected chi connectivity index (χ2v) is 7.86. The second-order valence-electron chi connectivity index (χ2n) is 6.51. The Hall–Kier alpha value is -2.40. The van der Waals surface area contributed by atoms with E-state index in [1.54, 1.807) is 0 Å². The number of rotatable bonds is 5. The summed E-state index contributed by atoms with van der Waals surface area (Å²) < 4.78 is 10.9. The average molecular weight is 355 g/mol. The fourth-order valence-electron chi connectivity index (χ4n) is 2.55. The molecule has 1 atom stereocenters. The number of carbonyl (C=O) groups is 1. The van der Waals surface area contributed by atoms with E-state index < -0.39 is 6.10 Å². The van der Waals surface area contributed by atoms with Gasteiger partial charge < -0.3 is 14.7 Å². The lowest BCUT2D eigenvalue weighted by atomic mass is 10.0. The highest BCUT2D eigenvalue weighted by Crippen LogP contribution is 2.40. The third kappa shape index (κ3) is 3.66. The summed E-state index contributed by atoms with van der Waals surface area (Å²) in [5.41, 5.74) is 8.88. The number of aryl methyl sites for hydroxylation is 1. The molecule has 25 heavy (non-hydrogen) atoms. The fraction of sp³-hybridized carbons (Fsp3) is 0.250. The van der Waals surface area contributed by atoms with Crippen molar-refractivity contribution in [1.82, 2.24) is 0 Å². The highest BCUT2D eigenvalue weighted by atomic mass is 32.2.